The summed E-state index contributed by atoms with van der Waals surface area (Å²) in [5, 5.41) is 29.0. The molecule has 17 nitrogen and oxygen atoms in total. The highest BCUT2D eigenvalue weighted by Gasteiger charge is 2.78. The normalized spacial score (nSPS) is 27.5. The highest BCUT2D eigenvalue weighted by Crippen LogP contribution is 2.64. The number of benzene rings is 1. The minimum Gasteiger partial charge on any atom is -0.455 e. The Morgan fingerprint density at radius 2 is 1.36 bits per heavy atom. The maximum absolute atomic E-state index is 15.9. The van der Waals surface area contributed by atoms with Crippen LogP contribution in [-0.2, 0) is 57.1 Å². The molecule has 3 N–H and O–H groups in total. The summed E-state index contributed by atoms with van der Waals surface area (Å²) in [5.41, 5.74) is -8.27. The molecule has 0 aromatic heterocycles. The average Bonchev–Trinajstić information content (AvgIpc) is 0.708. The first-order chi connectivity index (χ1) is 39.2. The highest BCUT2D eigenvalue weighted by molar-refractivity contribution is 5.96. The summed E-state index contributed by atoms with van der Waals surface area (Å²) < 4.78 is 42.6. The number of alkyl carbamates (subject to hydrolysis) is 1. The number of rotatable bonds is 25. The molecule has 1 aliphatic heterocycles. The van der Waals surface area contributed by atoms with Gasteiger partial charge in [0.25, 0.3) is 0 Å². The molecule has 1 aromatic carbocycles. The Balaban J connectivity index is 1.51. The second-order valence-corrected chi connectivity index (χ2v) is 23.7. The van der Waals surface area contributed by atoms with E-state index in [2.05, 4.69) is 60.8 Å². The fourth-order valence-corrected chi connectivity index (χ4v) is 11.6. The Bertz CT molecular complexity index is 2720. The molecule has 1 unspecified atom stereocenters. The number of ether oxygens (including phenoxy) is 7. The van der Waals surface area contributed by atoms with Crippen LogP contribution in [0.1, 0.15) is 164 Å². The van der Waals surface area contributed by atoms with Gasteiger partial charge in [0, 0.05) is 38.0 Å². The number of esters is 5. The molecule has 17 heteroatoms. The van der Waals surface area contributed by atoms with Crippen LogP contribution in [0.25, 0.3) is 0 Å². The van der Waals surface area contributed by atoms with E-state index in [1.807, 2.05) is 24.3 Å². The fraction of sp³-hybridized carbons (Fsp3) is 0.561. The molecule has 0 radical (unpaired) electrons. The van der Waals surface area contributed by atoms with Crippen molar-refractivity contribution in [3.8, 4) is 0 Å². The van der Waals surface area contributed by atoms with Crippen LogP contribution in [0.15, 0.2) is 126 Å². The number of hydrogen-bond acceptors (Lipinski definition) is 16. The number of ketones is 1. The average molecular weight is 1150 g/mol. The lowest BCUT2D eigenvalue weighted by Gasteiger charge is -2.67. The summed E-state index contributed by atoms with van der Waals surface area (Å²) in [6, 6.07) is 6.47. The predicted molar refractivity (Wildman–Crippen MR) is 313 cm³/mol. The van der Waals surface area contributed by atoms with E-state index in [4.69, 9.17) is 33.2 Å². The molecule has 5 rings (SSSR count). The van der Waals surface area contributed by atoms with E-state index in [1.54, 1.807) is 66.7 Å². The Morgan fingerprint density at radius 1 is 0.795 bits per heavy atom. The van der Waals surface area contributed by atoms with E-state index >= 15 is 9.59 Å². The second kappa shape index (κ2) is 29.7. The van der Waals surface area contributed by atoms with Crippen molar-refractivity contribution in [2.75, 3.05) is 6.61 Å². The topological polar surface area (TPSA) is 237 Å². The van der Waals surface area contributed by atoms with Crippen LogP contribution in [-0.4, -0.2) is 118 Å². The molecule has 2 bridgehead atoms. The Hall–Kier alpha value is -6.69. The number of hydrogen-bond donors (Lipinski definition) is 3. The van der Waals surface area contributed by atoms with Gasteiger partial charge in [-0.25, -0.2) is 14.4 Å². The Kier molecular flexibility index (Phi) is 24.0. The number of carbonyl (C=O) groups is 7. The van der Waals surface area contributed by atoms with Crippen molar-refractivity contribution in [3.05, 3.63) is 132 Å². The van der Waals surface area contributed by atoms with E-state index in [9.17, 15) is 34.2 Å². The van der Waals surface area contributed by atoms with Crippen LogP contribution in [0.3, 0.4) is 0 Å². The van der Waals surface area contributed by atoms with Gasteiger partial charge in [-0.15, -0.1) is 0 Å². The van der Waals surface area contributed by atoms with E-state index in [-0.39, 0.29) is 49.0 Å². The van der Waals surface area contributed by atoms with Crippen molar-refractivity contribution in [2.45, 2.75) is 213 Å². The summed E-state index contributed by atoms with van der Waals surface area (Å²) in [7, 11) is 0. The molecule has 83 heavy (non-hydrogen) atoms. The Labute approximate surface area is 490 Å². The molecule has 0 spiro atoms. The molecule has 1 aromatic rings. The zero-order chi connectivity index (χ0) is 61.3. The predicted octanol–water partition coefficient (Wildman–Crippen LogP) is 10.8. The standard InChI is InChI=1S/C66H89NO16/c1-13-15-16-17-18-19-20-21-22-23-24-25-26-27-28-29-30-31-35-38-52(71)80-54(47(39-43(3)4)67-61(75)83-62(7,8)9)60(74)78-48-41-66(76)58(81-59(73)46-36-33-32-34-37-46)56-64(12,49(69)40-50-65(56,42-77-50)82-45(6)68)57(72)55(79-51(70)14-2)53(44(48)5)63(66,10)11/h15-16,18-19,21-22,24-25,27-28,30-34,36-37,39,47-50,54-56,58,69,76H,13-14,17,20,23,26,29,35,38,40-42H2,1-12H3,(H,67,75)/b16-15-,19-18-,22-21-,25-24-,28-27-,31-30+/t47-,48-,49-,50+,54+,55+,56?,58-,64+,65-,66+/m0/s1. The number of aliphatic hydroxyl groups is 2. The molecular weight excluding hydrogens is 1060 g/mol. The summed E-state index contributed by atoms with van der Waals surface area (Å²) in [6.45, 7) is 18.9. The van der Waals surface area contributed by atoms with Gasteiger partial charge in [0.15, 0.2) is 17.5 Å². The molecule has 1 saturated heterocycles. The van der Waals surface area contributed by atoms with E-state index in [0.29, 0.717) is 12.0 Å². The van der Waals surface area contributed by atoms with Gasteiger partial charge in [0.2, 0.25) is 6.10 Å². The van der Waals surface area contributed by atoms with Crippen LogP contribution in [0, 0.1) is 16.7 Å². The number of amides is 1. The third kappa shape index (κ3) is 16.6. The van der Waals surface area contributed by atoms with E-state index in [1.165, 1.54) is 39.0 Å². The van der Waals surface area contributed by atoms with Gasteiger partial charge in [-0.2, -0.15) is 0 Å². The number of allylic oxidation sites excluding steroid dienone is 13. The third-order valence-corrected chi connectivity index (χ3v) is 15.8. The SMILES string of the molecule is CC/C=C\C/C=C\C/C=C\C/C=C\C/C=C\C/C=C/CCC(=O)O[C@@H](C(=O)O[C@H]1C[C@@]2(O)[C@@H](OC(=O)c3ccccc3)C3[C@](C)(C(=O)[C@H](OC(=O)CC)C(=C1C)C2(C)C)[C@@H](O)C[C@H]1OC[C@@]31OC(C)=O)[C@H](C=C(C)C)NC(=O)OC(C)(C)C. The minimum atomic E-state index is -2.45. The highest BCUT2D eigenvalue weighted by atomic mass is 16.6. The molecule has 1 heterocycles. The number of Topliss-reactive ketones (excluding diaryl/α,β-unsaturated/α-hetero) is 1. The van der Waals surface area contributed by atoms with Crippen molar-refractivity contribution in [3.63, 3.8) is 0 Å². The van der Waals surface area contributed by atoms with Crippen molar-refractivity contribution in [2.24, 2.45) is 16.7 Å². The summed E-state index contributed by atoms with van der Waals surface area (Å²) in [4.78, 5) is 99.8. The lowest BCUT2D eigenvalue weighted by Crippen LogP contribution is -2.82. The van der Waals surface area contributed by atoms with Gasteiger partial charge >= 0.3 is 35.9 Å². The Morgan fingerprint density at radius 3 is 1.87 bits per heavy atom. The summed E-state index contributed by atoms with van der Waals surface area (Å²) >= 11 is 0. The monoisotopic (exact) mass is 1150 g/mol. The van der Waals surface area contributed by atoms with Crippen molar-refractivity contribution < 1.29 is 76.9 Å². The molecule has 2 saturated carbocycles. The minimum absolute atomic E-state index is 0.0188. The number of carbonyl (C=O) groups excluding carboxylic acids is 7. The van der Waals surface area contributed by atoms with E-state index < -0.39 is 124 Å². The first kappa shape index (κ1) is 67.1. The van der Waals surface area contributed by atoms with Gasteiger partial charge in [-0.1, -0.05) is 130 Å². The lowest BCUT2D eigenvalue weighted by molar-refractivity contribution is -0.346. The first-order valence-electron chi connectivity index (χ1n) is 29.0. The quantitative estimate of drug-likeness (QED) is 0.0469. The zero-order valence-corrected chi connectivity index (χ0v) is 50.6. The number of fused-ring (bicyclic) bond motifs is 5. The van der Waals surface area contributed by atoms with Gasteiger partial charge < -0.3 is 48.7 Å². The lowest BCUT2D eigenvalue weighted by atomic mass is 9.44. The fourth-order valence-electron chi connectivity index (χ4n) is 11.6. The van der Waals surface area contributed by atoms with Crippen molar-refractivity contribution in [1.29, 1.82) is 0 Å². The molecule has 11 atom stereocenters. The van der Waals surface area contributed by atoms with Crippen LogP contribution in [0.4, 0.5) is 4.79 Å². The van der Waals surface area contributed by atoms with Crippen molar-refractivity contribution >= 4 is 41.7 Å². The zero-order valence-electron chi connectivity index (χ0n) is 50.6. The van der Waals surface area contributed by atoms with Crippen LogP contribution < -0.4 is 5.32 Å². The second-order valence-electron chi connectivity index (χ2n) is 23.7. The third-order valence-electron chi connectivity index (χ3n) is 15.8. The van der Waals surface area contributed by atoms with Crippen LogP contribution in [0.2, 0.25) is 0 Å². The molecule has 1 amide bonds. The van der Waals surface area contributed by atoms with Gasteiger partial charge in [-0.05, 0) is 117 Å². The van der Waals surface area contributed by atoms with Gasteiger partial charge in [0.1, 0.15) is 29.5 Å². The number of aliphatic hydroxyl groups excluding tert-OH is 1. The van der Waals surface area contributed by atoms with E-state index in [0.717, 1.165) is 39.0 Å². The first-order valence-corrected chi connectivity index (χ1v) is 29.0. The molecule has 4 aliphatic rings. The van der Waals surface area contributed by atoms with Crippen molar-refractivity contribution in [1.82, 2.24) is 5.32 Å². The number of nitrogens with one attached hydrogen (secondary N) is 1. The largest absolute Gasteiger partial charge is 0.455 e. The smallest absolute Gasteiger partial charge is 0.408 e. The van der Waals surface area contributed by atoms with Gasteiger partial charge in [0.05, 0.1) is 35.6 Å². The molecular formula is C66H89NO16. The molecule has 454 valence electrons. The molecule has 3 aliphatic carbocycles. The molecule has 3 fully saturated rings. The van der Waals surface area contributed by atoms with Gasteiger partial charge in [-0.3, -0.25) is 19.2 Å². The van der Waals surface area contributed by atoms with Crippen LogP contribution >= 0.6 is 0 Å². The summed E-state index contributed by atoms with van der Waals surface area (Å²) in [5.74, 6) is -7.05. The maximum atomic E-state index is 15.9. The van der Waals surface area contributed by atoms with Crippen LogP contribution in [0.5, 0.6) is 0 Å². The maximum Gasteiger partial charge on any atom is 0.408 e. The summed E-state index contributed by atoms with van der Waals surface area (Å²) in [6.07, 6.45) is 19.8.